The van der Waals surface area contributed by atoms with Gasteiger partial charge in [-0.05, 0) is 62.5 Å². The van der Waals surface area contributed by atoms with E-state index in [-0.39, 0.29) is 11.5 Å². The maximum Gasteiger partial charge on any atom is 0.232 e. The summed E-state index contributed by atoms with van der Waals surface area (Å²) in [5.41, 5.74) is 3.12. The van der Waals surface area contributed by atoms with Gasteiger partial charge in [0.25, 0.3) is 0 Å². The van der Waals surface area contributed by atoms with Gasteiger partial charge in [0.2, 0.25) is 5.78 Å². The molecule has 1 aliphatic heterocycles. The lowest BCUT2D eigenvalue weighted by Gasteiger charge is -2.19. The number of benzene rings is 1. The molecule has 1 aromatic carbocycles. The number of thiophene rings is 1. The Morgan fingerprint density at radius 1 is 1.31 bits per heavy atom. The van der Waals surface area contributed by atoms with Crippen LogP contribution in [0.4, 0.5) is 0 Å². The third-order valence-electron chi connectivity index (χ3n) is 4.71. The average molecular weight is 372 g/mol. The van der Waals surface area contributed by atoms with Crippen LogP contribution in [0.1, 0.15) is 51.7 Å². The molecule has 0 saturated carbocycles. The van der Waals surface area contributed by atoms with Gasteiger partial charge in [0.15, 0.2) is 5.76 Å². The highest BCUT2D eigenvalue weighted by molar-refractivity contribution is 7.11. The lowest BCUT2D eigenvalue weighted by molar-refractivity contribution is 0.101. The van der Waals surface area contributed by atoms with Crippen LogP contribution in [0, 0.1) is 13.8 Å². The number of allylic oxidation sites excluding steroid dienone is 1. The normalized spacial score (nSPS) is 15.0. The van der Waals surface area contributed by atoms with Gasteiger partial charge >= 0.3 is 0 Å². The van der Waals surface area contributed by atoms with Crippen molar-refractivity contribution in [3.8, 4) is 11.5 Å². The highest BCUT2D eigenvalue weighted by Crippen LogP contribution is 2.42. The molecule has 0 bridgehead atoms. The molecule has 0 unspecified atom stereocenters. The van der Waals surface area contributed by atoms with Crippen LogP contribution in [-0.4, -0.2) is 29.4 Å². The molecule has 0 spiro atoms. The summed E-state index contributed by atoms with van der Waals surface area (Å²) in [5, 5.41) is 12.5. The highest BCUT2D eigenvalue weighted by Gasteiger charge is 2.33. The van der Waals surface area contributed by atoms with Crippen LogP contribution >= 0.6 is 11.3 Å². The number of hydrogen-bond acceptors (Lipinski definition) is 5. The molecule has 3 rings (SSSR count). The lowest BCUT2D eigenvalue weighted by atomic mass is 9.99. The van der Waals surface area contributed by atoms with Crippen LogP contribution in [0.15, 0.2) is 23.3 Å². The number of rotatable bonds is 6. The van der Waals surface area contributed by atoms with Crippen molar-refractivity contribution in [3.05, 3.63) is 50.4 Å². The van der Waals surface area contributed by atoms with Crippen molar-refractivity contribution in [1.82, 2.24) is 4.90 Å². The first-order valence-electron chi connectivity index (χ1n) is 8.94. The Hall–Kier alpha value is -2.11. The monoisotopic (exact) mass is 371 g/mol. The summed E-state index contributed by atoms with van der Waals surface area (Å²) in [5.74, 6) is 0.918. The number of ketones is 1. The molecule has 26 heavy (non-hydrogen) atoms. The summed E-state index contributed by atoms with van der Waals surface area (Å²) in [4.78, 5) is 16.1. The van der Waals surface area contributed by atoms with Gasteiger partial charge in [-0.1, -0.05) is 13.3 Å². The minimum absolute atomic E-state index is 0.109. The summed E-state index contributed by atoms with van der Waals surface area (Å²) in [7, 11) is 2.02. The number of carbonyl (C=O) groups is 1. The topological polar surface area (TPSA) is 49.8 Å². The van der Waals surface area contributed by atoms with Crippen molar-refractivity contribution in [2.75, 3.05) is 13.6 Å². The molecule has 1 aliphatic rings. The van der Waals surface area contributed by atoms with E-state index in [0.29, 0.717) is 29.2 Å². The molecular weight excluding hydrogens is 346 g/mol. The molecule has 138 valence electrons. The van der Waals surface area contributed by atoms with Gasteiger partial charge in [-0.2, -0.15) is 0 Å². The number of ether oxygens (including phenoxy) is 1. The van der Waals surface area contributed by atoms with E-state index in [9.17, 15) is 9.90 Å². The number of carbonyl (C=O) groups excluding carboxylic acids is 1. The van der Waals surface area contributed by atoms with Crippen molar-refractivity contribution >= 4 is 23.2 Å². The molecule has 0 aliphatic carbocycles. The fourth-order valence-electron chi connectivity index (χ4n) is 3.16. The Kier molecular flexibility index (Phi) is 5.49. The Bertz CT molecular complexity index is 866. The fourth-order valence-corrected chi connectivity index (χ4v) is 4.01. The molecule has 4 nitrogen and oxygen atoms in total. The van der Waals surface area contributed by atoms with E-state index >= 15 is 0 Å². The van der Waals surface area contributed by atoms with Gasteiger partial charge < -0.3 is 14.7 Å². The van der Waals surface area contributed by atoms with Crippen LogP contribution < -0.4 is 4.74 Å². The molecule has 0 radical (unpaired) electrons. The second-order valence-electron chi connectivity index (χ2n) is 6.89. The minimum Gasteiger partial charge on any atom is -0.507 e. The van der Waals surface area contributed by atoms with E-state index in [2.05, 4.69) is 11.8 Å². The first kappa shape index (κ1) is 18.7. The standard InChI is InChI=1S/C21H25NO3S/c1-5-6-8-22(4)12-15-16(23)10-14(3)19-20(24)17(25-21(15)19)11-18-13(2)7-9-26-18/h7,9-11,23H,5-6,8,12H2,1-4H3/b17-11-. The fraction of sp³-hybridized carbons (Fsp3) is 0.381. The van der Waals surface area contributed by atoms with E-state index in [4.69, 9.17) is 4.74 Å². The van der Waals surface area contributed by atoms with Gasteiger partial charge in [0.05, 0.1) is 11.1 Å². The summed E-state index contributed by atoms with van der Waals surface area (Å²) >= 11 is 1.58. The number of unbranched alkanes of at least 4 members (excludes halogenated alkanes) is 1. The largest absolute Gasteiger partial charge is 0.507 e. The summed E-state index contributed by atoms with van der Waals surface area (Å²) in [6.45, 7) is 7.49. The Balaban J connectivity index is 1.97. The SMILES string of the molecule is CCCCN(C)Cc1c(O)cc(C)c2c1O/C(=C\c1sccc1C)C2=O. The molecule has 0 fully saturated rings. The van der Waals surface area contributed by atoms with Crippen LogP contribution in [-0.2, 0) is 6.54 Å². The first-order chi connectivity index (χ1) is 12.4. The molecule has 1 aromatic heterocycles. The van der Waals surface area contributed by atoms with Crippen molar-refractivity contribution in [2.24, 2.45) is 0 Å². The van der Waals surface area contributed by atoms with E-state index in [0.717, 1.165) is 35.4 Å². The van der Waals surface area contributed by atoms with Gasteiger partial charge in [-0.25, -0.2) is 0 Å². The van der Waals surface area contributed by atoms with Gasteiger partial charge in [0, 0.05) is 17.5 Å². The molecule has 0 amide bonds. The molecule has 2 heterocycles. The number of phenolic OH excluding ortho intramolecular Hbond substituents is 1. The highest BCUT2D eigenvalue weighted by atomic mass is 32.1. The zero-order valence-corrected chi connectivity index (χ0v) is 16.6. The molecular formula is C21H25NO3S. The Morgan fingerprint density at radius 3 is 2.73 bits per heavy atom. The lowest BCUT2D eigenvalue weighted by Crippen LogP contribution is -2.19. The van der Waals surface area contributed by atoms with Crippen molar-refractivity contribution in [1.29, 1.82) is 0 Å². The minimum atomic E-state index is -0.109. The van der Waals surface area contributed by atoms with E-state index in [1.807, 2.05) is 38.4 Å². The smallest absolute Gasteiger partial charge is 0.232 e. The van der Waals surface area contributed by atoms with Crippen molar-refractivity contribution in [2.45, 2.75) is 40.2 Å². The second kappa shape index (κ2) is 7.64. The van der Waals surface area contributed by atoms with Crippen LogP contribution in [0.2, 0.25) is 0 Å². The third-order valence-corrected chi connectivity index (χ3v) is 5.67. The second-order valence-corrected chi connectivity index (χ2v) is 7.84. The maximum atomic E-state index is 12.9. The van der Waals surface area contributed by atoms with Gasteiger partial charge in [0.1, 0.15) is 11.5 Å². The van der Waals surface area contributed by atoms with Crippen LogP contribution in [0.3, 0.4) is 0 Å². The van der Waals surface area contributed by atoms with Gasteiger partial charge in [-0.3, -0.25) is 4.79 Å². The van der Waals surface area contributed by atoms with Crippen LogP contribution in [0.25, 0.3) is 6.08 Å². The number of phenols is 1. The predicted molar refractivity (Wildman–Crippen MR) is 106 cm³/mol. The number of hydrogen-bond donors (Lipinski definition) is 1. The Morgan fingerprint density at radius 2 is 2.08 bits per heavy atom. The van der Waals surface area contributed by atoms with Crippen molar-refractivity contribution in [3.63, 3.8) is 0 Å². The van der Waals surface area contributed by atoms with Crippen molar-refractivity contribution < 1.29 is 14.6 Å². The number of Topliss-reactive ketones (excluding diaryl/α,β-unsaturated/α-hetero) is 1. The van der Waals surface area contributed by atoms with Crippen LogP contribution in [0.5, 0.6) is 11.5 Å². The van der Waals surface area contributed by atoms with Gasteiger partial charge in [-0.15, -0.1) is 11.3 Å². The van der Waals surface area contributed by atoms with E-state index < -0.39 is 0 Å². The first-order valence-corrected chi connectivity index (χ1v) is 9.82. The summed E-state index contributed by atoms with van der Waals surface area (Å²) in [6.07, 6.45) is 4.02. The molecule has 1 N–H and O–H groups in total. The summed E-state index contributed by atoms with van der Waals surface area (Å²) < 4.78 is 5.98. The van der Waals surface area contributed by atoms with E-state index in [1.165, 1.54) is 0 Å². The number of aromatic hydroxyl groups is 1. The zero-order chi connectivity index (χ0) is 18.8. The maximum absolute atomic E-state index is 12.9. The molecule has 5 heteroatoms. The molecule has 0 atom stereocenters. The predicted octanol–water partition coefficient (Wildman–Crippen LogP) is 4.92. The summed E-state index contributed by atoms with van der Waals surface area (Å²) in [6, 6.07) is 3.69. The Labute approximate surface area is 158 Å². The average Bonchev–Trinajstić information content (AvgIpc) is 3.14. The third kappa shape index (κ3) is 3.55. The number of aryl methyl sites for hydroxylation is 2. The zero-order valence-electron chi connectivity index (χ0n) is 15.8. The number of fused-ring (bicyclic) bond motifs is 1. The molecule has 2 aromatic rings. The van der Waals surface area contributed by atoms with E-state index in [1.54, 1.807) is 17.4 Å². The molecule has 0 saturated heterocycles. The number of nitrogens with zero attached hydrogens (tertiary/aromatic N) is 1. The quantitative estimate of drug-likeness (QED) is 0.732.